The van der Waals surface area contributed by atoms with E-state index in [-0.39, 0.29) is 0 Å². The lowest BCUT2D eigenvalue weighted by atomic mass is 10.0. The van der Waals surface area contributed by atoms with Crippen molar-refractivity contribution in [2.75, 3.05) is 24.6 Å². The number of nitrogens with two attached hydrogens (primary N) is 1. The van der Waals surface area contributed by atoms with E-state index in [0.29, 0.717) is 25.1 Å². The van der Waals surface area contributed by atoms with Crippen LogP contribution in [0.5, 0.6) is 5.88 Å². The quantitative estimate of drug-likeness (QED) is 0.859. The molecule has 100 valence electrons. The third-order valence-corrected chi connectivity index (χ3v) is 3.28. The zero-order valence-electron chi connectivity index (χ0n) is 11.0. The maximum Gasteiger partial charge on any atom is 0.218 e. The predicted octanol–water partition coefficient (Wildman–Crippen LogP) is 1.58. The first-order chi connectivity index (χ1) is 8.85. The van der Waals surface area contributed by atoms with E-state index in [1.165, 1.54) is 12.8 Å². The van der Waals surface area contributed by atoms with Gasteiger partial charge in [-0.15, -0.1) is 0 Å². The number of aromatic nitrogens is 2. The largest absolute Gasteiger partial charge is 0.478 e. The Morgan fingerprint density at radius 2 is 2.33 bits per heavy atom. The molecule has 0 amide bonds. The van der Waals surface area contributed by atoms with Crippen LogP contribution in [0.3, 0.4) is 0 Å². The standard InChI is InChI=1S/C13H22N4O/c1-2-7-18-13-8-12(15-10-16-13)17-6-4-3-5-11(17)9-14/h8,10-11H,2-7,9,14H2,1H3. The van der Waals surface area contributed by atoms with E-state index in [1.54, 1.807) is 6.33 Å². The Hall–Kier alpha value is -1.36. The molecule has 2 heterocycles. The van der Waals surface area contributed by atoms with Gasteiger partial charge in [-0.25, -0.2) is 9.97 Å². The van der Waals surface area contributed by atoms with Gasteiger partial charge in [0.2, 0.25) is 5.88 Å². The summed E-state index contributed by atoms with van der Waals surface area (Å²) in [5, 5.41) is 0. The summed E-state index contributed by atoms with van der Waals surface area (Å²) in [5.41, 5.74) is 5.83. The monoisotopic (exact) mass is 250 g/mol. The Morgan fingerprint density at radius 3 is 3.11 bits per heavy atom. The number of piperidine rings is 1. The molecule has 1 saturated heterocycles. The Labute approximate surface area is 108 Å². The van der Waals surface area contributed by atoms with Crippen molar-refractivity contribution in [1.82, 2.24) is 9.97 Å². The van der Waals surface area contributed by atoms with E-state index in [1.807, 2.05) is 6.07 Å². The van der Waals surface area contributed by atoms with Gasteiger partial charge in [0.25, 0.3) is 0 Å². The molecule has 1 aromatic heterocycles. The van der Waals surface area contributed by atoms with Gasteiger partial charge < -0.3 is 15.4 Å². The van der Waals surface area contributed by atoms with E-state index < -0.39 is 0 Å². The van der Waals surface area contributed by atoms with Gasteiger partial charge in [-0.2, -0.15) is 0 Å². The van der Waals surface area contributed by atoms with Crippen LogP contribution in [0.25, 0.3) is 0 Å². The van der Waals surface area contributed by atoms with E-state index >= 15 is 0 Å². The average Bonchev–Trinajstić information content (AvgIpc) is 2.45. The highest BCUT2D eigenvalue weighted by Crippen LogP contribution is 2.24. The summed E-state index contributed by atoms with van der Waals surface area (Å²) in [4.78, 5) is 10.8. The van der Waals surface area contributed by atoms with E-state index in [4.69, 9.17) is 10.5 Å². The molecule has 1 aliphatic heterocycles. The number of anilines is 1. The van der Waals surface area contributed by atoms with Gasteiger partial charge >= 0.3 is 0 Å². The molecule has 0 saturated carbocycles. The summed E-state index contributed by atoms with van der Waals surface area (Å²) in [6, 6.07) is 2.32. The third-order valence-electron chi connectivity index (χ3n) is 3.28. The van der Waals surface area contributed by atoms with Gasteiger partial charge in [0.05, 0.1) is 6.61 Å². The fourth-order valence-corrected chi connectivity index (χ4v) is 2.32. The van der Waals surface area contributed by atoms with Crippen LogP contribution >= 0.6 is 0 Å². The smallest absolute Gasteiger partial charge is 0.218 e. The Bertz CT molecular complexity index is 372. The number of hydrogen-bond donors (Lipinski definition) is 1. The van der Waals surface area contributed by atoms with Gasteiger partial charge in [0, 0.05) is 25.2 Å². The van der Waals surface area contributed by atoms with Crippen LogP contribution in [-0.2, 0) is 0 Å². The molecule has 5 nitrogen and oxygen atoms in total. The molecular formula is C13H22N4O. The fourth-order valence-electron chi connectivity index (χ4n) is 2.32. The lowest BCUT2D eigenvalue weighted by Gasteiger charge is -2.35. The van der Waals surface area contributed by atoms with Crippen molar-refractivity contribution >= 4 is 5.82 Å². The molecule has 0 bridgehead atoms. The fraction of sp³-hybridized carbons (Fsp3) is 0.692. The van der Waals surface area contributed by atoms with Crippen molar-refractivity contribution < 1.29 is 4.74 Å². The number of nitrogens with zero attached hydrogens (tertiary/aromatic N) is 3. The second-order valence-corrected chi connectivity index (χ2v) is 4.64. The van der Waals surface area contributed by atoms with Gasteiger partial charge in [-0.3, -0.25) is 0 Å². The van der Waals surface area contributed by atoms with Crippen LogP contribution < -0.4 is 15.4 Å². The molecule has 0 aliphatic carbocycles. The summed E-state index contributed by atoms with van der Waals surface area (Å²) in [6.45, 7) is 4.47. The summed E-state index contributed by atoms with van der Waals surface area (Å²) in [6.07, 6.45) is 6.15. The summed E-state index contributed by atoms with van der Waals surface area (Å²) < 4.78 is 5.55. The van der Waals surface area contributed by atoms with E-state index in [2.05, 4.69) is 21.8 Å². The topological polar surface area (TPSA) is 64.3 Å². The molecule has 0 radical (unpaired) electrons. The molecule has 1 unspecified atom stereocenters. The normalized spacial score (nSPS) is 19.9. The van der Waals surface area contributed by atoms with Crippen LogP contribution in [0.2, 0.25) is 0 Å². The number of rotatable bonds is 5. The van der Waals surface area contributed by atoms with E-state index in [0.717, 1.165) is 25.2 Å². The summed E-state index contributed by atoms with van der Waals surface area (Å²) >= 11 is 0. The molecule has 2 rings (SSSR count). The van der Waals surface area contributed by atoms with Crippen LogP contribution in [-0.4, -0.2) is 35.7 Å². The van der Waals surface area contributed by atoms with Crippen LogP contribution in [0.1, 0.15) is 32.6 Å². The molecule has 0 spiro atoms. The van der Waals surface area contributed by atoms with Crippen molar-refractivity contribution in [1.29, 1.82) is 0 Å². The molecule has 2 N–H and O–H groups in total. The minimum Gasteiger partial charge on any atom is -0.478 e. The second kappa shape index (κ2) is 6.54. The van der Waals surface area contributed by atoms with Crippen LogP contribution in [0.15, 0.2) is 12.4 Å². The lowest BCUT2D eigenvalue weighted by molar-refractivity contribution is 0.304. The highest BCUT2D eigenvalue weighted by Gasteiger charge is 2.22. The SMILES string of the molecule is CCCOc1cc(N2CCCCC2CN)ncn1. The summed E-state index contributed by atoms with van der Waals surface area (Å²) in [5.74, 6) is 1.59. The Morgan fingerprint density at radius 1 is 1.44 bits per heavy atom. The number of hydrogen-bond acceptors (Lipinski definition) is 5. The molecule has 0 aromatic carbocycles. The van der Waals surface area contributed by atoms with Crippen molar-refractivity contribution in [2.24, 2.45) is 5.73 Å². The zero-order chi connectivity index (χ0) is 12.8. The van der Waals surface area contributed by atoms with Crippen LogP contribution in [0.4, 0.5) is 5.82 Å². The minimum atomic E-state index is 0.396. The first-order valence-corrected chi connectivity index (χ1v) is 6.76. The van der Waals surface area contributed by atoms with Crippen LogP contribution in [0, 0.1) is 0 Å². The maximum absolute atomic E-state index is 5.83. The van der Waals surface area contributed by atoms with Gasteiger partial charge in [-0.1, -0.05) is 6.92 Å². The molecule has 1 aromatic rings. The highest BCUT2D eigenvalue weighted by molar-refractivity contribution is 5.42. The highest BCUT2D eigenvalue weighted by atomic mass is 16.5. The van der Waals surface area contributed by atoms with Crippen molar-refractivity contribution in [2.45, 2.75) is 38.6 Å². The first kappa shape index (κ1) is 13.1. The lowest BCUT2D eigenvalue weighted by Crippen LogP contribution is -2.44. The van der Waals surface area contributed by atoms with Gasteiger partial charge in [0.15, 0.2) is 0 Å². The van der Waals surface area contributed by atoms with Gasteiger partial charge in [-0.05, 0) is 25.7 Å². The Kier molecular flexibility index (Phi) is 4.75. The summed E-state index contributed by atoms with van der Waals surface area (Å²) in [7, 11) is 0. The molecule has 18 heavy (non-hydrogen) atoms. The minimum absolute atomic E-state index is 0.396. The average molecular weight is 250 g/mol. The molecular weight excluding hydrogens is 228 g/mol. The van der Waals surface area contributed by atoms with Gasteiger partial charge in [0.1, 0.15) is 12.1 Å². The second-order valence-electron chi connectivity index (χ2n) is 4.64. The molecule has 1 fully saturated rings. The molecule has 5 heteroatoms. The Balaban J connectivity index is 2.10. The number of ether oxygens (including phenoxy) is 1. The molecule has 1 aliphatic rings. The van der Waals surface area contributed by atoms with E-state index in [9.17, 15) is 0 Å². The predicted molar refractivity (Wildman–Crippen MR) is 71.9 cm³/mol. The zero-order valence-corrected chi connectivity index (χ0v) is 11.0. The molecule has 1 atom stereocenters. The maximum atomic E-state index is 5.83. The van der Waals surface area contributed by atoms with Crippen molar-refractivity contribution in [3.63, 3.8) is 0 Å². The first-order valence-electron chi connectivity index (χ1n) is 6.76. The van der Waals surface area contributed by atoms with Crippen molar-refractivity contribution in [3.05, 3.63) is 12.4 Å². The van der Waals surface area contributed by atoms with Crippen molar-refractivity contribution in [3.8, 4) is 5.88 Å². The third kappa shape index (κ3) is 3.10.